The standard InChI is InChI=1S/C18H30N4O3.HI/c1-14-6-7-15(12-16(14)25-5)8-9-19-18(20-10-11-24-4)21-13-17(23)22(2)3;/h6-7,12H,8-11,13H2,1-5H3,(H2,19,20,21);1H. The molecule has 148 valence electrons. The molecule has 1 amide bonds. The summed E-state index contributed by atoms with van der Waals surface area (Å²) in [5.41, 5.74) is 2.29. The minimum Gasteiger partial charge on any atom is -0.496 e. The Bertz CT molecular complexity index is 580. The maximum absolute atomic E-state index is 11.7. The zero-order chi connectivity index (χ0) is 18.7. The molecule has 0 atom stereocenters. The number of methoxy groups -OCH3 is 2. The van der Waals surface area contributed by atoms with Crippen LogP contribution >= 0.6 is 24.0 Å². The Kier molecular flexibility index (Phi) is 12.8. The molecule has 0 unspecified atom stereocenters. The number of ether oxygens (including phenoxy) is 2. The van der Waals surface area contributed by atoms with Gasteiger partial charge in [0.2, 0.25) is 5.91 Å². The lowest BCUT2D eigenvalue weighted by molar-refractivity contribution is -0.127. The van der Waals surface area contributed by atoms with E-state index >= 15 is 0 Å². The molecule has 0 spiro atoms. The number of nitrogens with zero attached hydrogens (tertiary/aromatic N) is 2. The van der Waals surface area contributed by atoms with Gasteiger partial charge in [0, 0.05) is 34.3 Å². The van der Waals surface area contributed by atoms with E-state index in [0.29, 0.717) is 25.7 Å². The molecular formula is C18H31IN4O3. The first-order valence-corrected chi connectivity index (χ1v) is 8.32. The van der Waals surface area contributed by atoms with E-state index < -0.39 is 0 Å². The highest BCUT2D eigenvalue weighted by Gasteiger charge is 2.05. The van der Waals surface area contributed by atoms with Crippen molar-refractivity contribution < 1.29 is 14.3 Å². The number of carbonyl (C=O) groups is 1. The number of likely N-dealkylation sites (N-methyl/N-ethyl adjacent to an activating group) is 1. The van der Waals surface area contributed by atoms with E-state index in [0.717, 1.165) is 17.7 Å². The van der Waals surface area contributed by atoms with Crippen molar-refractivity contribution in [2.45, 2.75) is 13.3 Å². The van der Waals surface area contributed by atoms with E-state index in [1.54, 1.807) is 28.3 Å². The molecule has 2 N–H and O–H groups in total. The minimum absolute atomic E-state index is 0. The van der Waals surface area contributed by atoms with Crippen LogP contribution in [0.3, 0.4) is 0 Å². The molecule has 0 aliphatic rings. The van der Waals surface area contributed by atoms with Crippen molar-refractivity contribution in [1.82, 2.24) is 15.5 Å². The molecule has 26 heavy (non-hydrogen) atoms. The van der Waals surface area contributed by atoms with Crippen molar-refractivity contribution in [2.75, 3.05) is 54.6 Å². The average molecular weight is 478 g/mol. The molecule has 0 fully saturated rings. The zero-order valence-corrected chi connectivity index (χ0v) is 18.6. The molecule has 0 aliphatic heterocycles. The van der Waals surface area contributed by atoms with Crippen LogP contribution in [0, 0.1) is 6.92 Å². The summed E-state index contributed by atoms with van der Waals surface area (Å²) in [7, 11) is 6.76. The molecule has 0 saturated heterocycles. The van der Waals surface area contributed by atoms with Gasteiger partial charge in [-0.25, -0.2) is 4.99 Å². The van der Waals surface area contributed by atoms with Crippen LogP contribution in [0.25, 0.3) is 0 Å². The number of hydrogen-bond acceptors (Lipinski definition) is 4. The summed E-state index contributed by atoms with van der Waals surface area (Å²) in [6.45, 7) is 4.01. The number of nitrogens with one attached hydrogen (secondary N) is 2. The second kappa shape index (κ2) is 13.6. The third-order valence-electron chi connectivity index (χ3n) is 3.65. The van der Waals surface area contributed by atoms with E-state index in [4.69, 9.17) is 9.47 Å². The third-order valence-corrected chi connectivity index (χ3v) is 3.65. The number of aryl methyl sites for hydroxylation is 1. The first-order chi connectivity index (χ1) is 12.0. The highest BCUT2D eigenvalue weighted by atomic mass is 127. The lowest BCUT2D eigenvalue weighted by Crippen LogP contribution is -2.40. The van der Waals surface area contributed by atoms with Crippen molar-refractivity contribution in [3.8, 4) is 5.75 Å². The monoisotopic (exact) mass is 478 g/mol. The minimum atomic E-state index is -0.0453. The van der Waals surface area contributed by atoms with Crippen LogP contribution in [0.1, 0.15) is 11.1 Å². The average Bonchev–Trinajstić information content (AvgIpc) is 2.60. The van der Waals surface area contributed by atoms with E-state index in [1.165, 1.54) is 10.5 Å². The molecule has 1 aromatic rings. The lowest BCUT2D eigenvalue weighted by atomic mass is 10.1. The fraction of sp³-hybridized carbons (Fsp3) is 0.556. The number of amides is 1. The second-order valence-electron chi connectivity index (χ2n) is 5.85. The van der Waals surface area contributed by atoms with Gasteiger partial charge in [-0.15, -0.1) is 24.0 Å². The van der Waals surface area contributed by atoms with Crippen LogP contribution in [0.4, 0.5) is 0 Å². The van der Waals surface area contributed by atoms with Gasteiger partial charge in [-0.3, -0.25) is 4.79 Å². The molecule has 0 saturated carbocycles. The molecule has 0 bridgehead atoms. The number of hydrogen-bond donors (Lipinski definition) is 2. The second-order valence-corrected chi connectivity index (χ2v) is 5.85. The summed E-state index contributed by atoms with van der Waals surface area (Å²) in [5.74, 6) is 1.45. The van der Waals surface area contributed by atoms with Crippen LogP contribution in [-0.2, 0) is 16.0 Å². The summed E-state index contributed by atoms with van der Waals surface area (Å²) in [5, 5.41) is 6.40. The van der Waals surface area contributed by atoms with Gasteiger partial charge < -0.3 is 25.0 Å². The zero-order valence-electron chi connectivity index (χ0n) is 16.3. The van der Waals surface area contributed by atoms with Crippen LogP contribution in [0.2, 0.25) is 0 Å². The van der Waals surface area contributed by atoms with Crippen molar-refractivity contribution in [1.29, 1.82) is 0 Å². The molecule has 7 nitrogen and oxygen atoms in total. The van der Waals surface area contributed by atoms with Gasteiger partial charge in [0.15, 0.2) is 5.96 Å². The maximum Gasteiger partial charge on any atom is 0.243 e. The molecule has 0 aliphatic carbocycles. The highest BCUT2D eigenvalue weighted by Crippen LogP contribution is 2.18. The van der Waals surface area contributed by atoms with Gasteiger partial charge in [0.05, 0.1) is 13.7 Å². The number of rotatable bonds is 9. The molecule has 0 heterocycles. The van der Waals surface area contributed by atoms with E-state index in [9.17, 15) is 4.79 Å². The Balaban J connectivity index is 0.00000625. The first-order valence-electron chi connectivity index (χ1n) is 8.32. The highest BCUT2D eigenvalue weighted by molar-refractivity contribution is 14.0. The van der Waals surface area contributed by atoms with Crippen LogP contribution in [0.15, 0.2) is 23.2 Å². The molecule has 0 aromatic heterocycles. The van der Waals surface area contributed by atoms with Gasteiger partial charge in [0.1, 0.15) is 12.3 Å². The van der Waals surface area contributed by atoms with Gasteiger partial charge in [-0.2, -0.15) is 0 Å². The largest absolute Gasteiger partial charge is 0.496 e. The first kappa shape index (κ1) is 24.5. The number of halogens is 1. The van der Waals surface area contributed by atoms with Crippen molar-refractivity contribution in [3.05, 3.63) is 29.3 Å². The SMILES string of the molecule is COCCNC(=NCC(=O)N(C)C)NCCc1ccc(C)c(OC)c1.I. The summed E-state index contributed by atoms with van der Waals surface area (Å²) >= 11 is 0. The number of benzene rings is 1. The smallest absolute Gasteiger partial charge is 0.243 e. The molecule has 1 aromatic carbocycles. The molecular weight excluding hydrogens is 447 g/mol. The van der Waals surface area contributed by atoms with Crippen LogP contribution in [0.5, 0.6) is 5.75 Å². The number of carbonyl (C=O) groups excluding carboxylic acids is 1. The Morgan fingerprint density at radius 1 is 1.19 bits per heavy atom. The molecule has 0 radical (unpaired) electrons. The molecule has 8 heteroatoms. The molecule has 1 rings (SSSR count). The summed E-state index contributed by atoms with van der Waals surface area (Å²) in [4.78, 5) is 17.5. The number of aliphatic imine (C=N–C) groups is 1. The van der Waals surface area contributed by atoms with Gasteiger partial charge in [0.25, 0.3) is 0 Å². The summed E-state index contributed by atoms with van der Waals surface area (Å²) in [6, 6.07) is 6.18. The van der Waals surface area contributed by atoms with Gasteiger partial charge in [-0.05, 0) is 30.5 Å². The number of guanidine groups is 1. The Morgan fingerprint density at radius 2 is 1.88 bits per heavy atom. The van der Waals surface area contributed by atoms with Crippen molar-refractivity contribution in [2.24, 2.45) is 4.99 Å². The van der Waals surface area contributed by atoms with Crippen LogP contribution in [-0.4, -0.2) is 71.3 Å². The maximum atomic E-state index is 11.7. The van der Waals surface area contributed by atoms with Crippen molar-refractivity contribution >= 4 is 35.8 Å². The Labute approximate surface area is 173 Å². The summed E-state index contributed by atoms with van der Waals surface area (Å²) < 4.78 is 10.4. The fourth-order valence-corrected chi connectivity index (χ4v) is 2.08. The Morgan fingerprint density at radius 3 is 2.50 bits per heavy atom. The van der Waals surface area contributed by atoms with E-state index in [2.05, 4.69) is 27.8 Å². The lowest BCUT2D eigenvalue weighted by Gasteiger charge is -2.14. The third kappa shape index (κ3) is 9.23. The van der Waals surface area contributed by atoms with E-state index in [-0.39, 0.29) is 36.4 Å². The summed E-state index contributed by atoms with van der Waals surface area (Å²) in [6.07, 6.45) is 0.823. The topological polar surface area (TPSA) is 75.2 Å². The van der Waals surface area contributed by atoms with Gasteiger partial charge >= 0.3 is 0 Å². The van der Waals surface area contributed by atoms with E-state index in [1.807, 2.05) is 13.0 Å². The predicted octanol–water partition coefficient (Wildman–Crippen LogP) is 1.43. The fourth-order valence-electron chi connectivity index (χ4n) is 2.08. The van der Waals surface area contributed by atoms with Gasteiger partial charge in [-0.1, -0.05) is 12.1 Å². The normalized spacial score (nSPS) is 10.7. The Hall–Kier alpha value is -1.55. The van der Waals surface area contributed by atoms with Crippen LogP contribution < -0.4 is 15.4 Å². The predicted molar refractivity (Wildman–Crippen MR) is 116 cm³/mol. The quantitative estimate of drug-likeness (QED) is 0.243. The van der Waals surface area contributed by atoms with Crippen molar-refractivity contribution in [3.63, 3.8) is 0 Å².